The topological polar surface area (TPSA) is 175 Å². The average molecular weight is 864 g/mol. The molecular formula is C50H99N6O5+. The number of carbonyl (C=O) groups excluding carboxylic acids is 1. The molecule has 0 heterocycles. The summed E-state index contributed by atoms with van der Waals surface area (Å²) in [6.07, 6.45) is 45.5. The van der Waals surface area contributed by atoms with Crippen LogP contribution in [0.5, 0.6) is 0 Å². The Morgan fingerprint density at radius 1 is 0.656 bits per heavy atom. The third-order valence-electron chi connectivity index (χ3n) is 11.6. The number of carboxylic acid groups (broad SMARTS) is 1. The summed E-state index contributed by atoms with van der Waals surface area (Å²) < 4.78 is 13.2. The number of ether oxygens (including phenoxy) is 2. The molecule has 0 radical (unpaired) electrons. The number of hydrogen-bond acceptors (Lipinski definition) is 6. The Labute approximate surface area is 375 Å². The van der Waals surface area contributed by atoms with Gasteiger partial charge in [0.05, 0.1) is 33.8 Å². The molecule has 8 N–H and O–H groups in total. The van der Waals surface area contributed by atoms with Crippen molar-refractivity contribution in [2.75, 3.05) is 60.1 Å². The van der Waals surface area contributed by atoms with E-state index in [2.05, 4.69) is 62.6 Å². The van der Waals surface area contributed by atoms with Crippen LogP contribution in [-0.4, -0.2) is 99.2 Å². The van der Waals surface area contributed by atoms with Crippen LogP contribution in [0.3, 0.4) is 0 Å². The van der Waals surface area contributed by atoms with Gasteiger partial charge in [0.2, 0.25) is 0 Å². The summed E-state index contributed by atoms with van der Waals surface area (Å²) >= 11 is 0. The Bertz CT molecular complexity index is 1110. The molecule has 0 aliphatic rings. The van der Waals surface area contributed by atoms with Gasteiger partial charge in [0.15, 0.2) is 11.5 Å². The second kappa shape index (κ2) is 41.5. The minimum absolute atomic E-state index is 0.0777. The average Bonchev–Trinajstić information content (AvgIpc) is 3.22. The third kappa shape index (κ3) is 37.8. The summed E-state index contributed by atoms with van der Waals surface area (Å²) in [5.41, 5.74) is 14.7. The molecule has 0 aliphatic heterocycles. The Morgan fingerprint density at radius 3 is 1.52 bits per heavy atom. The van der Waals surface area contributed by atoms with Crippen molar-refractivity contribution in [2.24, 2.45) is 22.2 Å². The molecule has 0 spiro atoms. The van der Waals surface area contributed by atoms with Crippen molar-refractivity contribution < 1.29 is 28.7 Å². The number of aliphatic carboxylic acids is 1. The van der Waals surface area contributed by atoms with Crippen LogP contribution in [0.1, 0.15) is 206 Å². The van der Waals surface area contributed by atoms with E-state index in [9.17, 15) is 14.7 Å². The van der Waals surface area contributed by atoms with Gasteiger partial charge in [0.1, 0.15) is 12.6 Å². The fourth-order valence-corrected chi connectivity index (χ4v) is 7.58. The van der Waals surface area contributed by atoms with E-state index >= 15 is 0 Å². The number of likely N-dealkylation sites (N-methyl/N-ethyl adjacent to an activating group) is 1. The predicted octanol–water partition coefficient (Wildman–Crippen LogP) is 10.5. The number of nitrogens with two attached hydrogens (primary N) is 3. The van der Waals surface area contributed by atoms with Gasteiger partial charge in [-0.1, -0.05) is 154 Å². The molecule has 1 amide bonds. The number of quaternary nitrogens is 1. The number of carbonyl (C=O) groups is 2. The summed E-state index contributed by atoms with van der Waals surface area (Å²) in [7, 11) is 4.19. The first-order valence-electron chi connectivity index (χ1n) is 25.2. The predicted molar refractivity (Wildman–Crippen MR) is 259 cm³/mol. The Balaban J connectivity index is 4.64. The lowest BCUT2D eigenvalue weighted by atomic mass is 9.93. The second-order valence-corrected chi connectivity index (χ2v) is 18.2. The molecule has 0 aliphatic carbocycles. The van der Waals surface area contributed by atoms with Gasteiger partial charge in [0.25, 0.3) is 5.91 Å². The van der Waals surface area contributed by atoms with Crippen molar-refractivity contribution in [1.29, 1.82) is 0 Å². The van der Waals surface area contributed by atoms with Crippen molar-refractivity contribution in [3.63, 3.8) is 0 Å². The van der Waals surface area contributed by atoms with Gasteiger partial charge < -0.3 is 41.6 Å². The van der Waals surface area contributed by atoms with Crippen molar-refractivity contribution in [2.45, 2.75) is 218 Å². The molecule has 61 heavy (non-hydrogen) atoms. The summed E-state index contributed by atoms with van der Waals surface area (Å²) in [4.78, 5) is 28.8. The molecular weight excluding hydrogens is 765 g/mol. The highest BCUT2D eigenvalue weighted by Crippen LogP contribution is 2.15. The molecule has 0 bridgehead atoms. The zero-order valence-corrected chi connectivity index (χ0v) is 40.3. The standard InChI is InChI=1S/C50H98N6O5/c1-5-7-9-11-13-15-17-19-21-23-25-27-29-31-33-35-42-60-45-46(61-43-36-34-32-30-28-26-24-22-20-18-16-14-12-10-8-6-2)44-56(3,4)41-40-54-47(57)50(53,48(58)59)38-37-39-55-49(51)52/h19-22,46H,5-18,23-45,53H2,1-4H3,(H5-,51,52,54,55,57,58,59)/p+1/b21-19-,22-20-/t46?,50-/m1/s1. The SMILES string of the molecule is CCCCCCCC/C=C\CCCCCCCCOCC(C[N+](C)(C)CCNC(=O)[C@](N)(CCCN=C(N)N)C(=O)O)OCCCCCCCC/C=C\CCCCCCCC. The number of amides is 1. The minimum Gasteiger partial charge on any atom is -0.479 e. The van der Waals surface area contributed by atoms with Gasteiger partial charge in [-0.15, -0.1) is 0 Å². The number of carboxylic acids is 1. The van der Waals surface area contributed by atoms with Crippen LogP contribution in [-0.2, 0) is 19.1 Å². The normalized spacial score (nSPS) is 13.5. The Morgan fingerprint density at radius 2 is 1.08 bits per heavy atom. The monoisotopic (exact) mass is 864 g/mol. The first-order chi connectivity index (χ1) is 29.5. The number of nitrogens with one attached hydrogen (secondary N) is 1. The highest BCUT2D eigenvalue weighted by Gasteiger charge is 2.41. The van der Waals surface area contributed by atoms with Gasteiger partial charge in [-0.25, -0.2) is 4.79 Å². The van der Waals surface area contributed by atoms with Crippen molar-refractivity contribution in [3.05, 3.63) is 24.3 Å². The molecule has 11 nitrogen and oxygen atoms in total. The summed E-state index contributed by atoms with van der Waals surface area (Å²) in [6.45, 7) is 8.28. The first-order valence-corrected chi connectivity index (χ1v) is 25.2. The van der Waals surface area contributed by atoms with Crippen LogP contribution in [0.25, 0.3) is 0 Å². The summed E-state index contributed by atoms with van der Waals surface area (Å²) in [6, 6.07) is 0. The van der Waals surface area contributed by atoms with E-state index in [0.29, 0.717) is 30.8 Å². The lowest BCUT2D eigenvalue weighted by molar-refractivity contribution is -0.892. The number of hydrogen-bond donors (Lipinski definition) is 5. The van der Waals surface area contributed by atoms with Crippen molar-refractivity contribution >= 4 is 17.8 Å². The number of allylic oxidation sites excluding steroid dienone is 4. The van der Waals surface area contributed by atoms with Crippen LogP contribution in [0.15, 0.2) is 29.3 Å². The van der Waals surface area contributed by atoms with Gasteiger partial charge in [-0.3, -0.25) is 9.79 Å². The van der Waals surface area contributed by atoms with E-state index in [4.69, 9.17) is 26.7 Å². The van der Waals surface area contributed by atoms with E-state index in [0.717, 1.165) is 25.9 Å². The Hall–Kier alpha value is -2.47. The maximum atomic E-state index is 13.0. The second-order valence-electron chi connectivity index (χ2n) is 18.2. The maximum Gasteiger partial charge on any atom is 0.333 e. The first kappa shape index (κ1) is 58.5. The molecule has 0 aromatic heterocycles. The summed E-state index contributed by atoms with van der Waals surface area (Å²) in [5.74, 6) is -2.17. The minimum atomic E-state index is -2.05. The quantitative estimate of drug-likeness (QED) is 0.0100. The summed E-state index contributed by atoms with van der Waals surface area (Å²) in [5, 5.41) is 12.5. The fourth-order valence-electron chi connectivity index (χ4n) is 7.58. The molecule has 0 aromatic carbocycles. The van der Waals surface area contributed by atoms with Crippen LogP contribution >= 0.6 is 0 Å². The van der Waals surface area contributed by atoms with Crippen LogP contribution < -0.4 is 22.5 Å². The molecule has 1 unspecified atom stereocenters. The molecule has 11 heteroatoms. The number of guanidine groups is 1. The fraction of sp³-hybridized carbons (Fsp3) is 0.860. The smallest absolute Gasteiger partial charge is 0.333 e. The highest BCUT2D eigenvalue weighted by atomic mass is 16.5. The zero-order valence-electron chi connectivity index (χ0n) is 40.3. The van der Waals surface area contributed by atoms with Crippen LogP contribution in [0.4, 0.5) is 0 Å². The lowest BCUT2D eigenvalue weighted by Gasteiger charge is -2.34. The molecule has 0 saturated heterocycles. The van der Waals surface area contributed by atoms with Gasteiger partial charge in [-0.05, 0) is 77.0 Å². The van der Waals surface area contributed by atoms with Gasteiger partial charge in [0, 0.05) is 19.8 Å². The maximum absolute atomic E-state index is 13.0. The van der Waals surface area contributed by atoms with E-state index in [1.807, 2.05) is 0 Å². The van der Waals surface area contributed by atoms with Crippen LogP contribution in [0, 0.1) is 0 Å². The molecule has 2 atom stereocenters. The molecule has 0 aromatic rings. The molecule has 358 valence electrons. The lowest BCUT2D eigenvalue weighted by Crippen LogP contribution is -2.61. The number of unbranched alkanes of at least 4 members (excludes halogenated alkanes) is 24. The van der Waals surface area contributed by atoms with Crippen LogP contribution in [0.2, 0.25) is 0 Å². The number of aliphatic imine (C=N–C) groups is 1. The van der Waals surface area contributed by atoms with E-state index in [1.54, 1.807) is 0 Å². The number of rotatable bonds is 46. The zero-order chi connectivity index (χ0) is 45.1. The van der Waals surface area contributed by atoms with E-state index < -0.39 is 17.4 Å². The third-order valence-corrected chi connectivity index (χ3v) is 11.6. The Kier molecular flexibility index (Phi) is 39.9. The van der Waals surface area contributed by atoms with Crippen molar-refractivity contribution in [3.8, 4) is 0 Å². The largest absolute Gasteiger partial charge is 0.479 e. The molecule has 0 rings (SSSR count). The van der Waals surface area contributed by atoms with E-state index in [1.165, 1.54) is 161 Å². The molecule has 0 fully saturated rings. The van der Waals surface area contributed by atoms with Crippen molar-refractivity contribution in [1.82, 2.24) is 5.32 Å². The molecule has 0 saturated carbocycles. The van der Waals surface area contributed by atoms with Gasteiger partial charge in [-0.2, -0.15) is 0 Å². The number of nitrogens with zero attached hydrogens (tertiary/aromatic N) is 2. The highest BCUT2D eigenvalue weighted by molar-refractivity contribution is 6.06. The van der Waals surface area contributed by atoms with Gasteiger partial charge >= 0.3 is 5.97 Å². The van der Waals surface area contributed by atoms with E-state index in [-0.39, 0.29) is 38.0 Å².